The van der Waals surface area contributed by atoms with Crippen LogP contribution < -0.4 is 0 Å². The van der Waals surface area contributed by atoms with Gasteiger partial charge in [0.1, 0.15) is 12.7 Å². The van der Waals surface area contributed by atoms with Crippen LogP contribution in [0.2, 0.25) is 0 Å². The molecule has 0 saturated heterocycles. The molecule has 4 heteroatoms. The van der Waals surface area contributed by atoms with Crippen LogP contribution in [0.4, 0.5) is 0 Å². The van der Waals surface area contributed by atoms with Gasteiger partial charge in [-0.3, -0.25) is 4.79 Å². The lowest BCUT2D eigenvalue weighted by Gasteiger charge is -2.28. The minimum Gasteiger partial charge on any atom is -0.389 e. The first kappa shape index (κ1) is 11.6. The van der Waals surface area contributed by atoms with E-state index in [1.54, 1.807) is 20.8 Å². The second kappa shape index (κ2) is 3.98. The largest absolute Gasteiger partial charge is 0.389 e. The molecule has 0 saturated carbocycles. The van der Waals surface area contributed by atoms with Crippen LogP contribution in [0.25, 0.3) is 0 Å². The molecular weight excluding hydrogens is 160 g/mol. The van der Waals surface area contributed by atoms with Crippen molar-refractivity contribution in [3.05, 3.63) is 0 Å². The van der Waals surface area contributed by atoms with Crippen LogP contribution in [0, 0.1) is 5.41 Å². The summed E-state index contributed by atoms with van der Waals surface area (Å²) in [6, 6.07) is 0. The summed E-state index contributed by atoms with van der Waals surface area (Å²) in [7, 11) is 0. The smallest absolute Gasteiger partial charge is 0.189 e. The molecule has 0 aromatic carbocycles. The van der Waals surface area contributed by atoms with Crippen molar-refractivity contribution in [3.63, 3.8) is 0 Å². The number of aliphatic hydroxyl groups is 3. The minimum atomic E-state index is -1.49. The molecule has 0 aromatic rings. The topological polar surface area (TPSA) is 77.8 Å². The van der Waals surface area contributed by atoms with E-state index in [4.69, 9.17) is 10.2 Å². The third kappa shape index (κ3) is 2.89. The van der Waals surface area contributed by atoms with Crippen molar-refractivity contribution in [2.45, 2.75) is 33.0 Å². The number of carbonyl (C=O) groups is 1. The Morgan fingerprint density at radius 3 is 2.00 bits per heavy atom. The number of rotatable bonds is 3. The van der Waals surface area contributed by atoms with Crippen molar-refractivity contribution in [1.82, 2.24) is 0 Å². The van der Waals surface area contributed by atoms with Gasteiger partial charge in [-0.25, -0.2) is 0 Å². The predicted octanol–water partition coefficient (Wildman–Crippen LogP) is -0.684. The van der Waals surface area contributed by atoms with Crippen LogP contribution in [0.3, 0.4) is 0 Å². The fraction of sp³-hybridized carbons (Fsp3) is 0.875. The van der Waals surface area contributed by atoms with Gasteiger partial charge in [0.15, 0.2) is 5.78 Å². The Kier molecular flexibility index (Phi) is 3.83. The van der Waals surface area contributed by atoms with Crippen molar-refractivity contribution in [2.24, 2.45) is 5.41 Å². The first-order valence-electron chi connectivity index (χ1n) is 3.80. The van der Waals surface area contributed by atoms with E-state index in [-0.39, 0.29) is 0 Å². The molecule has 0 aromatic heterocycles. The quantitative estimate of drug-likeness (QED) is 0.532. The number of hydrogen-bond donors (Lipinski definition) is 3. The van der Waals surface area contributed by atoms with Gasteiger partial charge < -0.3 is 15.3 Å². The molecule has 0 amide bonds. The van der Waals surface area contributed by atoms with Crippen molar-refractivity contribution in [3.8, 4) is 0 Å². The Labute approximate surface area is 71.8 Å². The third-order valence-electron chi connectivity index (χ3n) is 1.67. The standard InChI is InChI=1S/C8H16O4/c1-8(2,3)7(12)6(11)5(10)4-9/h6-7,9,11-12H,4H2,1-3H3/t6-,7+/m1/s1. The van der Waals surface area contributed by atoms with Gasteiger partial charge in [-0.1, -0.05) is 20.8 Å². The van der Waals surface area contributed by atoms with Crippen LogP contribution in [-0.4, -0.2) is 39.9 Å². The second-order valence-electron chi connectivity index (χ2n) is 3.88. The molecule has 4 nitrogen and oxygen atoms in total. The molecule has 0 fully saturated rings. The average molecular weight is 176 g/mol. The molecule has 2 atom stereocenters. The van der Waals surface area contributed by atoms with Gasteiger partial charge in [0, 0.05) is 0 Å². The molecule has 3 N–H and O–H groups in total. The van der Waals surface area contributed by atoms with E-state index in [0.29, 0.717) is 0 Å². The van der Waals surface area contributed by atoms with Gasteiger partial charge in [-0.05, 0) is 5.41 Å². The zero-order chi connectivity index (χ0) is 9.94. The SMILES string of the molecule is CC(C)(C)[C@@H](O)[C@H](O)C(=O)CO. The Morgan fingerprint density at radius 2 is 1.75 bits per heavy atom. The molecule has 0 unspecified atom stereocenters. The molecule has 72 valence electrons. The molecule has 0 bridgehead atoms. The van der Waals surface area contributed by atoms with Crippen molar-refractivity contribution >= 4 is 5.78 Å². The van der Waals surface area contributed by atoms with Gasteiger partial charge in [-0.2, -0.15) is 0 Å². The van der Waals surface area contributed by atoms with E-state index in [1.165, 1.54) is 0 Å². The van der Waals surface area contributed by atoms with Crippen LogP contribution >= 0.6 is 0 Å². The maximum Gasteiger partial charge on any atom is 0.189 e. The summed E-state index contributed by atoms with van der Waals surface area (Å²) in [6.45, 7) is 4.36. The highest BCUT2D eigenvalue weighted by molar-refractivity contribution is 5.84. The Morgan fingerprint density at radius 1 is 1.33 bits per heavy atom. The summed E-state index contributed by atoms with van der Waals surface area (Å²) in [6.07, 6.45) is -2.63. The van der Waals surface area contributed by atoms with Crippen LogP contribution in [0.1, 0.15) is 20.8 Å². The van der Waals surface area contributed by atoms with E-state index >= 15 is 0 Å². The number of aliphatic hydroxyl groups excluding tert-OH is 3. The molecule has 0 aliphatic heterocycles. The monoisotopic (exact) mass is 176 g/mol. The number of hydrogen-bond acceptors (Lipinski definition) is 4. The minimum absolute atomic E-state index is 0.565. The second-order valence-corrected chi connectivity index (χ2v) is 3.88. The lowest BCUT2D eigenvalue weighted by Crippen LogP contribution is -2.43. The molecule has 0 spiro atoms. The van der Waals surface area contributed by atoms with E-state index in [9.17, 15) is 9.90 Å². The Balaban J connectivity index is 4.29. The molecule has 0 aliphatic rings. The van der Waals surface area contributed by atoms with Gasteiger partial charge in [0.05, 0.1) is 6.10 Å². The van der Waals surface area contributed by atoms with E-state index in [2.05, 4.69) is 0 Å². The summed E-state index contributed by atoms with van der Waals surface area (Å²) in [5, 5.41) is 26.9. The lowest BCUT2D eigenvalue weighted by atomic mass is 9.85. The van der Waals surface area contributed by atoms with Gasteiger partial charge in [0.2, 0.25) is 0 Å². The fourth-order valence-corrected chi connectivity index (χ4v) is 0.743. The van der Waals surface area contributed by atoms with E-state index in [1.807, 2.05) is 0 Å². The Hall–Kier alpha value is -0.450. The number of Topliss-reactive ketones (excluding diaryl/α,β-unsaturated/α-hetero) is 1. The lowest BCUT2D eigenvalue weighted by molar-refractivity contribution is -0.140. The average Bonchev–Trinajstić information content (AvgIpc) is 1.98. The van der Waals surface area contributed by atoms with Crippen LogP contribution in [-0.2, 0) is 4.79 Å². The highest BCUT2D eigenvalue weighted by atomic mass is 16.3. The number of carbonyl (C=O) groups excluding carboxylic acids is 1. The highest BCUT2D eigenvalue weighted by Crippen LogP contribution is 2.21. The summed E-state index contributed by atoms with van der Waals surface area (Å²) >= 11 is 0. The molecular formula is C8H16O4. The predicted molar refractivity (Wildman–Crippen MR) is 43.6 cm³/mol. The third-order valence-corrected chi connectivity index (χ3v) is 1.67. The molecule has 0 radical (unpaired) electrons. The van der Waals surface area contributed by atoms with E-state index < -0.39 is 30.0 Å². The first-order valence-corrected chi connectivity index (χ1v) is 3.80. The zero-order valence-corrected chi connectivity index (χ0v) is 7.61. The fourth-order valence-electron chi connectivity index (χ4n) is 0.743. The normalized spacial score (nSPS) is 17.2. The summed E-state index contributed by atoms with van der Waals surface area (Å²) in [5.41, 5.74) is -0.565. The first-order chi connectivity index (χ1) is 5.30. The maximum absolute atomic E-state index is 10.7. The highest BCUT2D eigenvalue weighted by Gasteiger charge is 2.32. The summed E-state index contributed by atoms with van der Waals surface area (Å²) in [5.74, 6) is -0.752. The van der Waals surface area contributed by atoms with Crippen molar-refractivity contribution in [2.75, 3.05) is 6.61 Å². The van der Waals surface area contributed by atoms with Crippen LogP contribution in [0.15, 0.2) is 0 Å². The molecule has 0 rings (SSSR count). The van der Waals surface area contributed by atoms with Crippen molar-refractivity contribution < 1.29 is 20.1 Å². The van der Waals surface area contributed by atoms with Gasteiger partial charge in [-0.15, -0.1) is 0 Å². The van der Waals surface area contributed by atoms with Crippen LogP contribution in [0.5, 0.6) is 0 Å². The molecule has 12 heavy (non-hydrogen) atoms. The molecule has 0 aliphatic carbocycles. The van der Waals surface area contributed by atoms with Gasteiger partial charge >= 0.3 is 0 Å². The number of ketones is 1. The summed E-state index contributed by atoms with van der Waals surface area (Å²) in [4.78, 5) is 10.7. The maximum atomic E-state index is 10.7. The Bertz CT molecular complexity index is 159. The van der Waals surface area contributed by atoms with Crippen molar-refractivity contribution in [1.29, 1.82) is 0 Å². The summed E-state index contributed by atoms with van der Waals surface area (Å²) < 4.78 is 0. The van der Waals surface area contributed by atoms with Gasteiger partial charge in [0.25, 0.3) is 0 Å². The van der Waals surface area contributed by atoms with E-state index in [0.717, 1.165) is 0 Å². The molecule has 0 heterocycles. The zero-order valence-electron chi connectivity index (χ0n) is 7.61.